The number of thioether (sulfide) groups is 1. The molecular formula is C15H25NS. The van der Waals surface area contributed by atoms with Crippen molar-refractivity contribution in [3.05, 3.63) is 34.9 Å². The van der Waals surface area contributed by atoms with Crippen LogP contribution in [0.4, 0.5) is 0 Å². The van der Waals surface area contributed by atoms with Gasteiger partial charge in [-0.05, 0) is 55.4 Å². The Balaban J connectivity index is 2.37. The van der Waals surface area contributed by atoms with Gasteiger partial charge in [0.1, 0.15) is 0 Å². The normalized spacial score (nSPS) is 12.7. The fraction of sp³-hybridized carbons (Fsp3) is 0.600. The average Bonchev–Trinajstić information content (AvgIpc) is 2.31. The molecule has 0 aliphatic carbocycles. The Kier molecular flexibility index (Phi) is 6.68. The predicted molar refractivity (Wildman–Crippen MR) is 79.8 cm³/mol. The molecule has 0 aliphatic heterocycles. The molecule has 1 N–H and O–H groups in total. The van der Waals surface area contributed by atoms with Gasteiger partial charge in [-0.2, -0.15) is 11.8 Å². The summed E-state index contributed by atoms with van der Waals surface area (Å²) in [6.45, 7) is 9.88. The first-order valence-electron chi connectivity index (χ1n) is 6.51. The summed E-state index contributed by atoms with van der Waals surface area (Å²) in [6.07, 6.45) is 1.25. The molecule has 0 spiro atoms. The summed E-state index contributed by atoms with van der Waals surface area (Å²) < 4.78 is 0. The largest absolute Gasteiger partial charge is 0.310 e. The molecule has 0 radical (unpaired) electrons. The van der Waals surface area contributed by atoms with Gasteiger partial charge in [0.15, 0.2) is 0 Å². The van der Waals surface area contributed by atoms with Crippen LogP contribution < -0.4 is 5.32 Å². The molecule has 2 heteroatoms. The molecular weight excluding hydrogens is 226 g/mol. The average molecular weight is 251 g/mol. The van der Waals surface area contributed by atoms with Crippen LogP contribution >= 0.6 is 11.8 Å². The van der Waals surface area contributed by atoms with Crippen molar-refractivity contribution in [1.29, 1.82) is 0 Å². The van der Waals surface area contributed by atoms with E-state index in [4.69, 9.17) is 0 Å². The Morgan fingerprint density at radius 1 is 1.29 bits per heavy atom. The highest BCUT2D eigenvalue weighted by molar-refractivity contribution is 7.99. The van der Waals surface area contributed by atoms with Crippen molar-refractivity contribution >= 4 is 11.8 Å². The van der Waals surface area contributed by atoms with Crippen molar-refractivity contribution in [3.8, 4) is 0 Å². The second-order valence-corrected chi connectivity index (χ2v) is 6.02. The molecule has 0 bridgehead atoms. The maximum atomic E-state index is 3.61. The van der Waals surface area contributed by atoms with Crippen LogP contribution in [0.25, 0.3) is 0 Å². The zero-order valence-electron chi connectivity index (χ0n) is 11.5. The Bertz CT molecular complexity index is 336. The summed E-state index contributed by atoms with van der Waals surface area (Å²) in [5.74, 6) is 2.49. The minimum absolute atomic E-state index is 0.606. The third kappa shape index (κ3) is 5.13. The minimum Gasteiger partial charge on any atom is -0.310 e. The van der Waals surface area contributed by atoms with Crippen LogP contribution in [0.2, 0.25) is 0 Å². The van der Waals surface area contributed by atoms with E-state index in [0.29, 0.717) is 6.04 Å². The fourth-order valence-electron chi connectivity index (χ4n) is 1.79. The van der Waals surface area contributed by atoms with Gasteiger partial charge in [-0.1, -0.05) is 25.1 Å². The zero-order chi connectivity index (χ0) is 12.7. The first-order valence-corrected chi connectivity index (χ1v) is 7.66. The Labute approximate surface area is 110 Å². The molecule has 0 saturated heterocycles. The lowest BCUT2D eigenvalue weighted by atomic mass is 10.0. The maximum Gasteiger partial charge on any atom is 0.0210 e. The smallest absolute Gasteiger partial charge is 0.0210 e. The number of nitrogens with one attached hydrogen (secondary N) is 1. The summed E-state index contributed by atoms with van der Waals surface area (Å²) in [5.41, 5.74) is 4.24. The molecule has 1 nitrogen and oxygen atoms in total. The van der Waals surface area contributed by atoms with Crippen molar-refractivity contribution in [3.63, 3.8) is 0 Å². The molecule has 1 aromatic rings. The van der Waals surface area contributed by atoms with Gasteiger partial charge in [-0.15, -0.1) is 0 Å². The number of hydrogen-bond acceptors (Lipinski definition) is 2. The third-order valence-electron chi connectivity index (χ3n) is 3.26. The molecule has 0 heterocycles. The van der Waals surface area contributed by atoms with Gasteiger partial charge in [-0.3, -0.25) is 0 Å². The summed E-state index contributed by atoms with van der Waals surface area (Å²) in [6, 6.07) is 7.16. The van der Waals surface area contributed by atoms with E-state index in [1.165, 1.54) is 34.6 Å². The lowest BCUT2D eigenvalue weighted by Crippen LogP contribution is -2.26. The van der Waals surface area contributed by atoms with Crippen LogP contribution in [-0.2, 0) is 6.54 Å². The Hall–Kier alpha value is -0.470. The minimum atomic E-state index is 0.606. The van der Waals surface area contributed by atoms with Gasteiger partial charge in [0.2, 0.25) is 0 Å². The summed E-state index contributed by atoms with van der Waals surface area (Å²) in [7, 11) is 0. The van der Waals surface area contributed by atoms with Crippen LogP contribution in [0.15, 0.2) is 18.2 Å². The molecule has 0 saturated carbocycles. The van der Waals surface area contributed by atoms with E-state index in [1.54, 1.807) is 0 Å². The van der Waals surface area contributed by atoms with E-state index in [9.17, 15) is 0 Å². The van der Waals surface area contributed by atoms with Gasteiger partial charge in [0, 0.05) is 12.6 Å². The van der Waals surface area contributed by atoms with Crippen molar-refractivity contribution < 1.29 is 0 Å². The molecule has 0 fully saturated rings. The molecule has 96 valence electrons. The van der Waals surface area contributed by atoms with E-state index < -0.39 is 0 Å². The molecule has 1 aromatic carbocycles. The monoisotopic (exact) mass is 251 g/mol. The Morgan fingerprint density at radius 3 is 2.76 bits per heavy atom. The molecule has 0 aromatic heterocycles. The number of rotatable bonds is 7. The number of aryl methyl sites for hydroxylation is 1. The van der Waals surface area contributed by atoms with E-state index in [0.717, 1.165) is 6.54 Å². The van der Waals surface area contributed by atoms with Gasteiger partial charge in [0.05, 0.1) is 0 Å². The topological polar surface area (TPSA) is 12.0 Å². The van der Waals surface area contributed by atoms with E-state index >= 15 is 0 Å². The van der Waals surface area contributed by atoms with Gasteiger partial charge < -0.3 is 5.32 Å². The number of benzene rings is 1. The molecule has 1 rings (SSSR count). The van der Waals surface area contributed by atoms with Gasteiger partial charge in [-0.25, -0.2) is 0 Å². The molecule has 0 aliphatic rings. The molecule has 17 heavy (non-hydrogen) atoms. The quantitative estimate of drug-likeness (QED) is 0.737. The second-order valence-electron chi connectivity index (χ2n) is 4.63. The predicted octanol–water partition coefficient (Wildman–Crippen LogP) is 3.92. The van der Waals surface area contributed by atoms with Crippen molar-refractivity contribution in [1.82, 2.24) is 5.32 Å². The van der Waals surface area contributed by atoms with Crippen molar-refractivity contribution in [2.45, 2.75) is 46.7 Å². The third-order valence-corrected chi connectivity index (χ3v) is 4.19. The molecule has 1 atom stereocenters. The lowest BCUT2D eigenvalue weighted by Gasteiger charge is -2.15. The van der Waals surface area contributed by atoms with Gasteiger partial charge in [0.25, 0.3) is 0 Å². The van der Waals surface area contributed by atoms with Crippen LogP contribution in [0.5, 0.6) is 0 Å². The number of hydrogen-bond donors (Lipinski definition) is 1. The van der Waals surface area contributed by atoms with E-state index in [1.807, 2.05) is 11.8 Å². The zero-order valence-corrected chi connectivity index (χ0v) is 12.4. The maximum absolute atomic E-state index is 3.61. The standard InChI is InChI=1S/C15H25NS/c1-5-17-10-9-13(3)16-11-15-8-6-7-12(2)14(15)4/h6-8,13,16H,5,9-11H2,1-4H3. The highest BCUT2D eigenvalue weighted by Crippen LogP contribution is 2.13. The van der Waals surface area contributed by atoms with Crippen LogP contribution in [0.3, 0.4) is 0 Å². The lowest BCUT2D eigenvalue weighted by molar-refractivity contribution is 0.536. The summed E-state index contributed by atoms with van der Waals surface area (Å²) >= 11 is 2.02. The van der Waals surface area contributed by atoms with E-state index in [-0.39, 0.29) is 0 Å². The summed E-state index contributed by atoms with van der Waals surface area (Å²) in [5, 5.41) is 3.61. The van der Waals surface area contributed by atoms with E-state index in [2.05, 4.69) is 51.2 Å². The highest BCUT2D eigenvalue weighted by Gasteiger charge is 2.04. The fourth-order valence-corrected chi connectivity index (χ4v) is 2.60. The van der Waals surface area contributed by atoms with Gasteiger partial charge >= 0.3 is 0 Å². The van der Waals surface area contributed by atoms with Crippen LogP contribution in [0, 0.1) is 13.8 Å². The van der Waals surface area contributed by atoms with Crippen LogP contribution in [-0.4, -0.2) is 17.5 Å². The van der Waals surface area contributed by atoms with Crippen molar-refractivity contribution in [2.24, 2.45) is 0 Å². The SMILES string of the molecule is CCSCCC(C)NCc1cccc(C)c1C. The second kappa shape index (κ2) is 7.78. The van der Waals surface area contributed by atoms with Crippen molar-refractivity contribution in [2.75, 3.05) is 11.5 Å². The Morgan fingerprint density at radius 2 is 2.06 bits per heavy atom. The molecule has 0 amide bonds. The molecule has 1 unspecified atom stereocenters. The first-order chi connectivity index (χ1) is 8.15. The highest BCUT2D eigenvalue weighted by atomic mass is 32.2. The van der Waals surface area contributed by atoms with Crippen LogP contribution in [0.1, 0.15) is 37.0 Å². The first kappa shape index (κ1) is 14.6. The summed E-state index contributed by atoms with van der Waals surface area (Å²) in [4.78, 5) is 0.